The normalized spacial score (nSPS) is 13.4. The van der Waals surface area contributed by atoms with Crippen LogP contribution in [0.15, 0.2) is 133 Å². The third kappa shape index (κ3) is 3.42. The van der Waals surface area contributed by atoms with Gasteiger partial charge in [0.2, 0.25) is 5.95 Å². The van der Waals surface area contributed by atoms with E-state index in [4.69, 9.17) is 15.0 Å². The van der Waals surface area contributed by atoms with Gasteiger partial charge in [-0.3, -0.25) is 4.57 Å². The van der Waals surface area contributed by atoms with Crippen LogP contribution in [0.25, 0.3) is 72.4 Å². The first kappa shape index (κ1) is 24.9. The van der Waals surface area contributed by atoms with Crippen LogP contribution in [-0.2, 0) is 5.41 Å². The molecule has 9 rings (SSSR count). The van der Waals surface area contributed by atoms with Gasteiger partial charge in [0.15, 0.2) is 11.6 Å². The standard InChI is InChI=1S/C40H28N4/c1-40(2)31-23-13-11-21-29(31)33-27-19-9-10-20-28(27)34-30-22-12-14-24-32(30)44(36(34)35(33)40)39-42-37(25-15-5-3-6-16-25)41-38(43-39)26-17-7-4-8-18-26/h3-24H,1-2H3. The fourth-order valence-corrected chi connectivity index (χ4v) is 7.30. The predicted octanol–water partition coefficient (Wildman–Crippen LogP) is 9.76. The van der Waals surface area contributed by atoms with Crippen LogP contribution in [0.1, 0.15) is 25.0 Å². The molecule has 44 heavy (non-hydrogen) atoms. The number of nitrogens with zero attached hydrogens (tertiary/aromatic N) is 4. The average molecular weight is 565 g/mol. The van der Waals surface area contributed by atoms with E-state index in [1.54, 1.807) is 0 Å². The molecule has 0 saturated heterocycles. The molecule has 0 aliphatic heterocycles. The molecule has 0 spiro atoms. The lowest BCUT2D eigenvalue weighted by molar-refractivity contribution is 0.663. The SMILES string of the molecule is CC1(C)c2ccccc2-c2c1c1c(c3ccccc23)c2ccccc2n1-c1nc(-c2ccccc2)nc(-c2ccccc2)n1. The third-order valence-corrected chi connectivity index (χ3v) is 9.21. The molecule has 0 radical (unpaired) electrons. The maximum absolute atomic E-state index is 5.22. The fourth-order valence-electron chi connectivity index (χ4n) is 7.30. The molecule has 2 heterocycles. The van der Waals surface area contributed by atoms with Gasteiger partial charge in [-0.1, -0.05) is 141 Å². The maximum Gasteiger partial charge on any atom is 0.238 e. The zero-order chi connectivity index (χ0) is 29.4. The van der Waals surface area contributed by atoms with E-state index in [0.717, 1.165) is 22.2 Å². The molecule has 0 fully saturated rings. The summed E-state index contributed by atoms with van der Waals surface area (Å²) in [4.78, 5) is 15.4. The summed E-state index contributed by atoms with van der Waals surface area (Å²) in [7, 11) is 0. The number of para-hydroxylation sites is 1. The predicted molar refractivity (Wildman–Crippen MR) is 180 cm³/mol. The van der Waals surface area contributed by atoms with Gasteiger partial charge in [-0.25, -0.2) is 4.98 Å². The van der Waals surface area contributed by atoms with Crippen molar-refractivity contribution in [1.29, 1.82) is 0 Å². The highest BCUT2D eigenvalue weighted by Gasteiger charge is 2.40. The van der Waals surface area contributed by atoms with Gasteiger partial charge in [0.1, 0.15) is 0 Å². The Morgan fingerprint density at radius 2 is 1.07 bits per heavy atom. The van der Waals surface area contributed by atoms with Gasteiger partial charge >= 0.3 is 0 Å². The summed E-state index contributed by atoms with van der Waals surface area (Å²) in [6, 6.07) is 46.8. The van der Waals surface area contributed by atoms with Gasteiger partial charge in [0.05, 0.1) is 11.0 Å². The Labute approximate surface area is 255 Å². The molecule has 0 N–H and O–H groups in total. The molecule has 4 heteroatoms. The molecule has 0 unspecified atom stereocenters. The number of rotatable bonds is 3. The molecule has 8 aromatic rings. The summed E-state index contributed by atoms with van der Waals surface area (Å²) in [5, 5.41) is 4.95. The van der Waals surface area contributed by atoms with Crippen LogP contribution in [-0.4, -0.2) is 19.5 Å². The van der Waals surface area contributed by atoms with Crippen molar-refractivity contribution in [1.82, 2.24) is 19.5 Å². The van der Waals surface area contributed by atoms with Crippen molar-refractivity contribution in [3.63, 3.8) is 0 Å². The highest BCUT2D eigenvalue weighted by atomic mass is 15.2. The lowest BCUT2D eigenvalue weighted by Gasteiger charge is -2.24. The number of benzene rings is 6. The van der Waals surface area contributed by atoms with E-state index in [2.05, 4.69) is 115 Å². The van der Waals surface area contributed by atoms with E-state index >= 15 is 0 Å². The van der Waals surface area contributed by atoms with Gasteiger partial charge in [0, 0.05) is 27.3 Å². The van der Waals surface area contributed by atoms with Crippen molar-refractivity contribution >= 4 is 32.6 Å². The maximum atomic E-state index is 5.22. The second kappa shape index (κ2) is 9.19. The van der Waals surface area contributed by atoms with E-state index < -0.39 is 0 Å². The average Bonchev–Trinajstić information content (AvgIpc) is 3.55. The second-order valence-electron chi connectivity index (χ2n) is 12.1. The van der Waals surface area contributed by atoms with Gasteiger partial charge < -0.3 is 0 Å². The summed E-state index contributed by atoms with van der Waals surface area (Å²) < 4.78 is 2.30. The van der Waals surface area contributed by atoms with E-state index in [1.807, 2.05) is 36.4 Å². The first-order valence-electron chi connectivity index (χ1n) is 15.1. The highest BCUT2D eigenvalue weighted by Crippen LogP contribution is 2.56. The van der Waals surface area contributed by atoms with Crippen molar-refractivity contribution in [3.8, 4) is 39.9 Å². The lowest BCUT2D eigenvalue weighted by Crippen LogP contribution is -2.17. The van der Waals surface area contributed by atoms with E-state index in [-0.39, 0.29) is 5.41 Å². The Hall–Kier alpha value is -5.61. The van der Waals surface area contributed by atoms with Crippen LogP contribution in [0.4, 0.5) is 0 Å². The van der Waals surface area contributed by atoms with E-state index in [9.17, 15) is 0 Å². The van der Waals surface area contributed by atoms with Crippen molar-refractivity contribution in [2.24, 2.45) is 0 Å². The quantitative estimate of drug-likeness (QED) is 0.215. The number of fused-ring (bicyclic) bond motifs is 10. The van der Waals surface area contributed by atoms with Crippen LogP contribution < -0.4 is 0 Å². The summed E-state index contributed by atoms with van der Waals surface area (Å²) in [6.45, 7) is 4.71. The van der Waals surface area contributed by atoms with Crippen LogP contribution in [0, 0.1) is 0 Å². The number of hydrogen-bond acceptors (Lipinski definition) is 3. The van der Waals surface area contributed by atoms with Crippen LogP contribution in [0.5, 0.6) is 0 Å². The molecule has 1 aliphatic rings. The molecule has 2 aromatic heterocycles. The first-order chi connectivity index (χ1) is 21.6. The van der Waals surface area contributed by atoms with E-state index in [1.165, 1.54) is 43.8 Å². The lowest BCUT2D eigenvalue weighted by atomic mass is 9.80. The molecule has 208 valence electrons. The number of hydrogen-bond donors (Lipinski definition) is 0. The van der Waals surface area contributed by atoms with Gasteiger partial charge in [-0.2, -0.15) is 9.97 Å². The number of aromatic nitrogens is 4. The zero-order valence-corrected chi connectivity index (χ0v) is 24.5. The summed E-state index contributed by atoms with van der Waals surface area (Å²) in [5.74, 6) is 1.92. The molecule has 0 saturated carbocycles. The van der Waals surface area contributed by atoms with Crippen LogP contribution in [0.2, 0.25) is 0 Å². The highest BCUT2D eigenvalue weighted by molar-refractivity contribution is 6.26. The largest absolute Gasteiger partial charge is 0.277 e. The van der Waals surface area contributed by atoms with Crippen molar-refractivity contribution in [3.05, 3.63) is 145 Å². The topological polar surface area (TPSA) is 43.6 Å². The Morgan fingerprint density at radius 1 is 0.523 bits per heavy atom. The summed E-state index contributed by atoms with van der Waals surface area (Å²) in [5.41, 5.74) is 9.17. The minimum absolute atomic E-state index is 0.238. The molecule has 0 atom stereocenters. The fraction of sp³-hybridized carbons (Fsp3) is 0.0750. The Morgan fingerprint density at radius 3 is 1.75 bits per heavy atom. The van der Waals surface area contributed by atoms with Crippen LogP contribution >= 0.6 is 0 Å². The Balaban J connectivity index is 1.49. The minimum atomic E-state index is -0.238. The molecule has 1 aliphatic carbocycles. The van der Waals surface area contributed by atoms with Crippen molar-refractivity contribution in [2.45, 2.75) is 19.3 Å². The smallest absolute Gasteiger partial charge is 0.238 e. The summed E-state index contributed by atoms with van der Waals surface area (Å²) in [6.07, 6.45) is 0. The molecule has 0 amide bonds. The second-order valence-corrected chi connectivity index (χ2v) is 12.1. The minimum Gasteiger partial charge on any atom is -0.277 e. The molecule has 4 nitrogen and oxygen atoms in total. The third-order valence-electron chi connectivity index (χ3n) is 9.21. The van der Waals surface area contributed by atoms with Crippen molar-refractivity contribution < 1.29 is 0 Å². The summed E-state index contributed by atoms with van der Waals surface area (Å²) >= 11 is 0. The molecular formula is C40H28N4. The van der Waals surface area contributed by atoms with Gasteiger partial charge in [-0.05, 0) is 39.1 Å². The first-order valence-corrected chi connectivity index (χ1v) is 15.1. The van der Waals surface area contributed by atoms with E-state index in [0.29, 0.717) is 17.6 Å². The Bertz CT molecular complexity index is 2350. The molecule has 0 bridgehead atoms. The van der Waals surface area contributed by atoms with Gasteiger partial charge in [-0.15, -0.1) is 0 Å². The molecule has 6 aromatic carbocycles. The van der Waals surface area contributed by atoms with Gasteiger partial charge in [0.25, 0.3) is 0 Å². The van der Waals surface area contributed by atoms with Crippen LogP contribution in [0.3, 0.4) is 0 Å². The van der Waals surface area contributed by atoms with Crippen molar-refractivity contribution in [2.75, 3.05) is 0 Å². The monoisotopic (exact) mass is 564 g/mol. The molecular weight excluding hydrogens is 536 g/mol. The zero-order valence-electron chi connectivity index (χ0n) is 24.5. The Kier molecular flexibility index (Phi) is 5.21.